The molecule has 0 unspecified atom stereocenters. The molecule has 0 bridgehead atoms. The molecular formula is C20H21FN2O2. The van der Waals surface area contributed by atoms with Crippen LogP contribution in [0.5, 0.6) is 0 Å². The van der Waals surface area contributed by atoms with Crippen LogP contribution in [0, 0.1) is 11.7 Å². The number of carbonyl (C=O) groups is 2. The van der Waals surface area contributed by atoms with Gasteiger partial charge >= 0.3 is 0 Å². The van der Waals surface area contributed by atoms with E-state index in [1.165, 1.54) is 12.1 Å². The molecule has 5 heteroatoms. The van der Waals surface area contributed by atoms with Gasteiger partial charge in [-0.1, -0.05) is 36.4 Å². The van der Waals surface area contributed by atoms with Gasteiger partial charge in [0.1, 0.15) is 5.82 Å². The molecule has 130 valence electrons. The molecule has 0 aromatic heterocycles. The smallest absolute Gasteiger partial charge is 0.238 e. The van der Waals surface area contributed by atoms with Crippen molar-refractivity contribution in [2.45, 2.75) is 12.8 Å². The lowest BCUT2D eigenvalue weighted by Crippen LogP contribution is -2.40. The van der Waals surface area contributed by atoms with Gasteiger partial charge in [-0.2, -0.15) is 0 Å². The van der Waals surface area contributed by atoms with Gasteiger partial charge in [0.2, 0.25) is 5.91 Å². The summed E-state index contributed by atoms with van der Waals surface area (Å²) in [5, 5.41) is 2.70. The molecule has 1 N–H and O–H groups in total. The van der Waals surface area contributed by atoms with E-state index in [0.29, 0.717) is 18.8 Å². The van der Waals surface area contributed by atoms with Crippen LogP contribution in [0.3, 0.4) is 0 Å². The normalized spacial score (nSPS) is 15.7. The van der Waals surface area contributed by atoms with Gasteiger partial charge in [0, 0.05) is 17.2 Å². The second kappa shape index (κ2) is 8.03. The van der Waals surface area contributed by atoms with Crippen LogP contribution in [0.2, 0.25) is 0 Å². The number of amides is 1. The molecule has 4 nitrogen and oxygen atoms in total. The maximum Gasteiger partial charge on any atom is 0.238 e. The van der Waals surface area contributed by atoms with E-state index < -0.39 is 0 Å². The summed E-state index contributed by atoms with van der Waals surface area (Å²) in [4.78, 5) is 26.6. The quantitative estimate of drug-likeness (QED) is 0.849. The van der Waals surface area contributed by atoms with E-state index in [0.717, 1.165) is 18.4 Å². The Hall–Kier alpha value is -2.53. The summed E-state index contributed by atoms with van der Waals surface area (Å²) in [5.41, 5.74) is 1.21. The predicted molar refractivity (Wildman–Crippen MR) is 95.0 cm³/mol. The summed E-state index contributed by atoms with van der Waals surface area (Å²) in [6.07, 6.45) is 1.50. The number of ketones is 1. The van der Waals surface area contributed by atoms with Crippen molar-refractivity contribution in [2.24, 2.45) is 5.92 Å². The van der Waals surface area contributed by atoms with E-state index in [9.17, 15) is 14.0 Å². The molecule has 0 aliphatic carbocycles. The molecule has 0 spiro atoms. The van der Waals surface area contributed by atoms with Crippen molar-refractivity contribution >= 4 is 17.4 Å². The Morgan fingerprint density at radius 2 is 1.76 bits per heavy atom. The molecule has 25 heavy (non-hydrogen) atoms. The number of benzene rings is 2. The SMILES string of the molecule is O=C(CN1CCC(C(=O)c2ccccc2)CC1)Nc1cccc(F)c1. The van der Waals surface area contributed by atoms with Crippen molar-refractivity contribution in [1.82, 2.24) is 4.90 Å². The van der Waals surface area contributed by atoms with Crippen LogP contribution in [0.15, 0.2) is 54.6 Å². The zero-order valence-electron chi connectivity index (χ0n) is 14.0. The average molecular weight is 340 g/mol. The maximum absolute atomic E-state index is 13.1. The summed E-state index contributed by atoms with van der Waals surface area (Å²) in [7, 11) is 0. The predicted octanol–water partition coefficient (Wildman–Crippen LogP) is 3.36. The molecular weight excluding hydrogens is 319 g/mol. The highest BCUT2D eigenvalue weighted by molar-refractivity contribution is 5.98. The monoisotopic (exact) mass is 340 g/mol. The van der Waals surface area contributed by atoms with Gasteiger partial charge in [-0.05, 0) is 44.1 Å². The Morgan fingerprint density at radius 3 is 2.44 bits per heavy atom. The largest absolute Gasteiger partial charge is 0.325 e. The van der Waals surface area contributed by atoms with Crippen LogP contribution in [0.1, 0.15) is 23.2 Å². The molecule has 0 atom stereocenters. The number of hydrogen-bond donors (Lipinski definition) is 1. The minimum absolute atomic E-state index is 0.0185. The van der Waals surface area contributed by atoms with E-state index >= 15 is 0 Å². The summed E-state index contributed by atoms with van der Waals surface area (Å²) < 4.78 is 13.1. The number of nitrogens with zero attached hydrogens (tertiary/aromatic N) is 1. The highest BCUT2D eigenvalue weighted by Crippen LogP contribution is 2.21. The molecule has 1 amide bonds. The minimum atomic E-state index is -0.377. The van der Waals surface area contributed by atoms with Gasteiger partial charge in [-0.15, -0.1) is 0 Å². The fraction of sp³-hybridized carbons (Fsp3) is 0.300. The topological polar surface area (TPSA) is 49.4 Å². The lowest BCUT2D eigenvalue weighted by molar-refractivity contribution is -0.117. The van der Waals surface area contributed by atoms with Crippen molar-refractivity contribution in [3.8, 4) is 0 Å². The molecule has 1 fully saturated rings. The Kier molecular flexibility index (Phi) is 5.56. The number of Topliss-reactive ketones (excluding diaryl/α,β-unsaturated/α-hetero) is 1. The van der Waals surface area contributed by atoms with Gasteiger partial charge in [-0.3, -0.25) is 14.5 Å². The zero-order valence-corrected chi connectivity index (χ0v) is 14.0. The van der Waals surface area contributed by atoms with E-state index in [1.54, 1.807) is 12.1 Å². The summed E-state index contributed by atoms with van der Waals surface area (Å²) >= 11 is 0. The third-order valence-corrected chi connectivity index (χ3v) is 4.49. The van der Waals surface area contributed by atoms with Crippen LogP contribution in [-0.4, -0.2) is 36.2 Å². The number of rotatable bonds is 5. The summed E-state index contributed by atoms with van der Waals surface area (Å²) in [6.45, 7) is 1.67. The summed E-state index contributed by atoms with van der Waals surface area (Å²) in [6, 6.07) is 15.2. The molecule has 0 saturated carbocycles. The third kappa shape index (κ3) is 4.73. The van der Waals surface area contributed by atoms with Gasteiger partial charge < -0.3 is 5.32 Å². The first kappa shape index (κ1) is 17.3. The fourth-order valence-corrected chi connectivity index (χ4v) is 3.16. The van der Waals surface area contributed by atoms with Crippen molar-refractivity contribution in [2.75, 3.05) is 25.0 Å². The molecule has 1 heterocycles. The molecule has 1 aliphatic rings. The zero-order chi connectivity index (χ0) is 17.6. The van der Waals surface area contributed by atoms with Crippen LogP contribution < -0.4 is 5.32 Å². The number of likely N-dealkylation sites (tertiary alicyclic amines) is 1. The second-order valence-electron chi connectivity index (χ2n) is 6.34. The first-order valence-corrected chi connectivity index (χ1v) is 8.49. The molecule has 3 rings (SSSR count). The number of hydrogen-bond acceptors (Lipinski definition) is 3. The number of nitrogens with one attached hydrogen (secondary N) is 1. The van der Waals surface area contributed by atoms with Gasteiger partial charge in [0.15, 0.2) is 5.78 Å². The van der Waals surface area contributed by atoms with E-state index in [2.05, 4.69) is 5.32 Å². The minimum Gasteiger partial charge on any atom is -0.325 e. The van der Waals surface area contributed by atoms with Gasteiger partial charge in [0.05, 0.1) is 6.54 Å². The lowest BCUT2D eigenvalue weighted by Gasteiger charge is -2.30. The number of halogens is 1. The second-order valence-corrected chi connectivity index (χ2v) is 6.34. The molecule has 0 radical (unpaired) electrons. The molecule has 1 aliphatic heterocycles. The Bertz CT molecular complexity index is 740. The number of piperidine rings is 1. The van der Waals surface area contributed by atoms with Gasteiger partial charge in [-0.25, -0.2) is 4.39 Å². The van der Waals surface area contributed by atoms with Crippen LogP contribution >= 0.6 is 0 Å². The average Bonchev–Trinajstić information content (AvgIpc) is 2.62. The molecule has 1 saturated heterocycles. The van der Waals surface area contributed by atoms with Gasteiger partial charge in [0.25, 0.3) is 0 Å². The number of carbonyl (C=O) groups excluding carboxylic acids is 2. The highest BCUT2D eigenvalue weighted by Gasteiger charge is 2.26. The first-order valence-electron chi connectivity index (χ1n) is 8.49. The van der Waals surface area contributed by atoms with Crippen molar-refractivity contribution in [1.29, 1.82) is 0 Å². The standard InChI is InChI=1S/C20H21FN2O2/c21-17-7-4-8-18(13-17)22-19(24)14-23-11-9-16(10-12-23)20(25)15-5-2-1-3-6-15/h1-8,13,16H,9-12,14H2,(H,22,24). The summed E-state index contributed by atoms with van der Waals surface area (Å²) in [5.74, 6) is -0.342. The Labute approximate surface area is 146 Å². The Morgan fingerprint density at radius 1 is 1.04 bits per heavy atom. The van der Waals surface area contributed by atoms with Crippen LogP contribution in [0.25, 0.3) is 0 Å². The lowest BCUT2D eigenvalue weighted by atomic mass is 9.89. The van der Waals surface area contributed by atoms with E-state index in [4.69, 9.17) is 0 Å². The van der Waals surface area contributed by atoms with Crippen molar-refractivity contribution < 1.29 is 14.0 Å². The molecule has 2 aromatic carbocycles. The highest BCUT2D eigenvalue weighted by atomic mass is 19.1. The van der Waals surface area contributed by atoms with Crippen LogP contribution in [-0.2, 0) is 4.79 Å². The first-order chi connectivity index (χ1) is 12.1. The molecule has 2 aromatic rings. The maximum atomic E-state index is 13.1. The van der Waals surface area contributed by atoms with E-state index in [-0.39, 0.29) is 30.0 Å². The third-order valence-electron chi connectivity index (χ3n) is 4.49. The van der Waals surface area contributed by atoms with E-state index in [1.807, 2.05) is 35.2 Å². The fourth-order valence-electron chi connectivity index (χ4n) is 3.16. The number of anilines is 1. The Balaban J connectivity index is 1.47. The van der Waals surface area contributed by atoms with Crippen molar-refractivity contribution in [3.63, 3.8) is 0 Å². The van der Waals surface area contributed by atoms with Crippen LogP contribution in [0.4, 0.5) is 10.1 Å². The van der Waals surface area contributed by atoms with Crippen molar-refractivity contribution in [3.05, 3.63) is 66.0 Å².